The maximum absolute atomic E-state index is 13.2. The third kappa shape index (κ3) is 8.89. The zero-order valence-corrected chi connectivity index (χ0v) is 18.6. The minimum Gasteiger partial charge on any atom is -0.465 e. The molecule has 1 aliphatic rings. The Morgan fingerprint density at radius 1 is 1.00 bits per heavy atom. The number of hydrogen-bond acceptors (Lipinski definition) is 5. The quantitative estimate of drug-likeness (QED) is 0.493. The van der Waals surface area contributed by atoms with Gasteiger partial charge in [-0.05, 0) is 38.0 Å². The van der Waals surface area contributed by atoms with E-state index in [0.717, 1.165) is 19.3 Å². The van der Waals surface area contributed by atoms with E-state index in [-0.39, 0.29) is 12.5 Å². The van der Waals surface area contributed by atoms with Crippen molar-refractivity contribution in [1.82, 2.24) is 13.5 Å². The Morgan fingerprint density at radius 3 is 2.11 bits per heavy atom. The van der Waals surface area contributed by atoms with Gasteiger partial charge in [0.25, 0.3) is 10.2 Å². The van der Waals surface area contributed by atoms with Crippen LogP contribution in [0, 0.1) is 11.8 Å². The Morgan fingerprint density at radius 2 is 1.59 bits per heavy atom. The molecule has 1 aliphatic heterocycles. The van der Waals surface area contributed by atoms with Gasteiger partial charge in [0, 0.05) is 39.3 Å². The molecule has 160 valence electrons. The highest BCUT2D eigenvalue weighted by Crippen LogP contribution is 2.16. The van der Waals surface area contributed by atoms with Crippen LogP contribution >= 0.6 is 0 Å². The fourth-order valence-electron chi connectivity index (χ4n) is 3.04. The molecule has 0 unspecified atom stereocenters. The van der Waals surface area contributed by atoms with E-state index in [4.69, 9.17) is 4.74 Å². The predicted octanol–water partition coefficient (Wildman–Crippen LogP) is 2.20. The van der Waals surface area contributed by atoms with Crippen LogP contribution < -0.4 is 0 Å². The smallest absolute Gasteiger partial charge is 0.320 e. The lowest BCUT2D eigenvalue weighted by molar-refractivity contribution is -0.144. The Bertz CT molecular complexity index is 525. The van der Waals surface area contributed by atoms with Crippen molar-refractivity contribution in [3.05, 3.63) is 0 Å². The molecular weight excluding hydrogens is 366 g/mol. The van der Waals surface area contributed by atoms with Crippen LogP contribution in [-0.4, -0.2) is 80.3 Å². The minimum absolute atomic E-state index is 0.228. The van der Waals surface area contributed by atoms with E-state index in [1.54, 1.807) is 15.5 Å². The van der Waals surface area contributed by atoms with E-state index in [9.17, 15) is 13.2 Å². The Kier molecular flexibility index (Phi) is 10.8. The van der Waals surface area contributed by atoms with Gasteiger partial charge in [0.05, 0.1) is 13.2 Å². The Balaban J connectivity index is 2.74. The summed E-state index contributed by atoms with van der Waals surface area (Å²) in [6.07, 6.45) is 2.45. The van der Waals surface area contributed by atoms with Crippen molar-refractivity contribution < 1.29 is 17.9 Å². The largest absolute Gasteiger partial charge is 0.465 e. The SMILES string of the molecule is CCOC(=O)CN1CCCN(S(=O)(=O)N(CCC(C)C)CCC(C)C)CC1. The lowest BCUT2D eigenvalue weighted by Crippen LogP contribution is -2.46. The number of nitrogens with zero attached hydrogens (tertiary/aromatic N) is 3. The van der Waals surface area contributed by atoms with Crippen LogP contribution in [-0.2, 0) is 19.7 Å². The van der Waals surface area contributed by atoms with Gasteiger partial charge in [-0.25, -0.2) is 0 Å². The molecule has 8 heteroatoms. The molecule has 0 amide bonds. The summed E-state index contributed by atoms with van der Waals surface area (Å²) in [5, 5.41) is 0. The van der Waals surface area contributed by atoms with Gasteiger partial charge in [-0.3, -0.25) is 9.69 Å². The third-order valence-corrected chi connectivity index (χ3v) is 6.81. The van der Waals surface area contributed by atoms with Gasteiger partial charge in [-0.1, -0.05) is 27.7 Å². The second kappa shape index (κ2) is 12.0. The first kappa shape index (κ1) is 24.3. The number of hydrogen-bond donors (Lipinski definition) is 0. The van der Waals surface area contributed by atoms with Crippen molar-refractivity contribution in [3.8, 4) is 0 Å². The summed E-state index contributed by atoms with van der Waals surface area (Å²) in [4.78, 5) is 13.7. The second-order valence-corrected chi connectivity index (χ2v) is 10.0. The van der Waals surface area contributed by atoms with Crippen LogP contribution in [0.15, 0.2) is 0 Å². The van der Waals surface area contributed by atoms with E-state index < -0.39 is 10.2 Å². The highest BCUT2D eigenvalue weighted by Gasteiger charge is 2.31. The molecule has 0 saturated carbocycles. The van der Waals surface area contributed by atoms with Gasteiger partial charge in [-0.2, -0.15) is 17.0 Å². The van der Waals surface area contributed by atoms with E-state index in [1.807, 2.05) is 4.90 Å². The van der Waals surface area contributed by atoms with Crippen LogP contribution in [0.4, 0.5) is 0 Å². The zero-order chi connectivity index (χ0) is 20.4. The van der Waals surface area contributed by atoms with Gasteiger partial charge in [-0.15, -0.1) is 0 Å². The molecule has 1 saturated heterocycles. The van der Waals surface area contributed by atoms with Crippen molar-refractivity contribution in [2.75, 3.05) is 52.4 Å². The molecule has 1 rings (SSSR count). The summed E-state index contributed by atoms with van der Waals surface area (Å²) in [6, 6.07) is 0. The van der Waals surface area contributed by atoms with Gasteiger partial charge in [0.1, 0.15) is 0 Å². The fraction of sp³-hybridized carbons (Fsp3) is 0.947. The summed E-state index contributed by atoms with van der Waals surface area (Å²) in [5.41, 5.74) is 0. The van der Waals surface area contributed by atoms with Crippen molar-refractivity contribution in [1.29, 1.82) is 0 Å². The number of ether oxygens (including phenoxy) is 1. The molecule has 1 fully saturated rings. The molecule has 7 nitrogen and oxygen atoms in total. The topological polar surface area (TPSA) is 70.2 Å². The summed E-state index contributed by atoms with van der Waals surface area (Å²) in [6.45, 7) is 14.2. The van der Waals surface area contributed by atoms with E-state index in [0.29, 0.717) is 57.7 Å². The highest BCUT2D eigenvalue weighted by molar-refractivity contribution is 7.86. The molecular formula is C19H39N3O4S. The molecule has 0 aliphatic carbocycles. The number of carbonyl (C=O) groups excluding carboxylic acids is 1. The summed E-state index contributed by atoms with van der Waals surface area (Å²) in [5.74, 6) is 0.682. The van der Waals surface area contributed by atoms with Crippen molar-refractivity contribution in [2.45, 2.75) is 53.9 Å². The molecule has 1 heterocycles. The fourth-order valence-corrected chi connectivity index (χ4v) is 4.71. The molecule has 0 bridgehead atoms. The van der Waals surface area contributed by atoms with Crippen LogP contribution in [0.5, 0.6) is 0 Å². The first-order valence-electron chi connectivity index (χ1n) is 10.3. The van der Waals surface area contributed by atoms with Crippen molar-refractivity contribution >= 4 is 16.2 Å². The molecule has 0 atom stereocenters. The highest BCUT2D eigenvalue weighted by atomic mass is 32.2. The molecule has 0 spiro atoms. The second-order valence-electron chi connectivity index (χ2n) is 8.11. The Hall–Kier alpha value is -0.700. The maximum atomic E-state index is 13.2. The maximum Gasteiger partial charge on any atom is 0.320 e. The van der Waals surface area contributed by atoms with Gasteiger partial charge in [0.2, 0.25) is 0 Å². The number of carbonyl (C=O) groups is 1. The first-order chi connectivity index (χ1) is 12.7. The van der Waals surface area contributed by atoms with Crippen LogP contribution in [0.25, 0.3) is 0 Å². The average Bonchev–Trinajstić information content (AvgIpc) is 2.80. The minimum atomic E-state index is -3.48. The van der Waals surface area contributed by atoms with Gasteiger partial charge in [0.15, 0.2) is 0 Å². The third-order valence-electron chi connectivity index (χ3n) is 4.77. The molecule has 0 aromatic rings. The predicted molar refractivity (Wildman–Crippen MR) is 109 cm³/mol. The summed E-state index contributed by atoms with van der Waals surface area (Å²) < 4.78 is 34.7. The molecule has 0 aromatic carbocycles. The van der Waals surface area contributed by atoms with E-state index in [1.165, 1.54) is 0 Å². The molecule has 0 aromatic heterocycles. The average molecular weight is 406 g/mol. The standard InChI is InChI=1S/C19H39N3O4S/c1-6-26-19(23)16-20-10-7-11-21(15-14-20)27(24,25)22(12-8-17(2)3)13-9-18(4)5/h17-18H,6-16H2,1-5H3. The van der Waals surface area contributed by atoms with Crippen LogP contribution in [0.1, 0.15) is 53.9 Å². The molecule has 0 N–H and O–H groups in total. The molecule has 0 radical (unpaired) electrons. The summed E-state index contributed by atoms with van der Waals surface area (Å²) >= 11 is 0. The van der Waals surface area contributed by atoms with Crippen molar-refractivity contribution in [2.24, 2.45) is 11.8 Å². The lowest BCUT2D eigenvalue weighted by atomic mass is 10.1. The number of rotatable bonds is 11. The monoisotopic (exact) mass is 405 g/mol. The van der Waals surface area contributed by atoms with Gasteiger partial charge < -0.3 is 4.74 Å². The Labute approximate surface area is 166 Å². The first-order valence-corrected chi connectivity index (χ1v) is 11.7. The van der Waals surface area contributed by atoms with Crippen LogP contribution in [0.3, 0.4) is 0 Å². The van der Waals surface area contributed by atoms with E-state index in [2.05, 4.69) is 27.7 Å². The van der Waals surface area contributed by atoms with Crippen LogP contribution in [0.2, 0.25) is 0 Å². The molecule has 27 heavy (non-hydrogen) atoms. The summed E-state index contributed by atoms with van der Waals surface area (Å²) in [7, 11) is -3.48. The number of esters is 1. The zero-order valence-electron chi connectivity index (χ0n) is 17.8. The van der Waals surface area contributed by atoms with Gasteiger partial charge >= 0.3 is 5.97 Å². The van der Waals surface area contributed by atoms with Crippen molar-refractivity contribution in [3.63, 3.8) is 0 Å². The normalized spacial score (nSPS) is 17.6. The van der Waals surface area contributed by atoms with E-state index >= 15 is 0 Å². The lowest BCUT2D eigenvalue weighted by Gasteiger charge is -2.30.